The molecular weight excluding hydrogens is 491 g/mol. The number of aliphatic hydroxyl groups excluding tert-OH is 1. The first-order valence-corrected chi connectivity index (χ1v) is 12.0. The average Bonchev–Trinajstić information content (AvgIpc) is 3.17. The second kappa shape index (κ2) is 9.32. The van der Waals surface area contributed by atoms with Gasteiger partial charge in [0.2, 0.25) is 10.0 Å². The number of rotatable bonds is 7. The SMILES string of the molecule is O=C1O[C@@H](CNS(=O)(=O)CCO)CN1c1ccc2cc(-c3ccccc3C(F)(F)F)[nH]c(=O)c2c1. The molecule has 0 unspecified atom stereocenters. The summed E-state index contributed by atoms with van der Waals surface area (Å²) in [5.74, 6) is -0.486. The fourth-order valence-electron chi connectivity index (χ4n) is 3.78. The molecule has 3 N–H and O–H groups in total. The highest BCUT2D eigenvalue weighted by atomic mass is 32.2. The maximum atomic E-state index is 13.4. The molecule has 0 spiro atoms. The Hall–Kier alpha value is -3.42. The number of H-pyrrole nitrogens is 1. The fraction of sp³-hybridized carbons (Fsp3) is 0.273. The van der Waals surface area contributed by atoms with Crippen LogP contribution in [0.1, 0.15) is 5.56 Å². The second-order valence-corrected chi connectivity index (χ2v) is 9.76. The van der Waals surface area contributed by atoms with Crippen LogP contribution >= 0.6 is 0 Å². The minimum Gasteiger partial charge on any atom is -0.443 e. The van der Waals surface area contributed by atoms with Gasteiger partial charge in [0, 0.05) is 28.9 Å². The number of hydrogen-bond acceptors (Lipinski definition) is 6. The number of ether oxygens (including phenoxy) is 1. The number of aromatic nitrogens is 1. The van der Waals surface area contributed by atoms with Gasteiger partial charge in [-0.3, -0.25) is 9.69 Å². The van der Waals surface area contributed by atoms with Gasteiger partial charge in [0.1, 0.15) is 6.10 Å². The summed E-state index contributed by atoms with van der Waals surface area (Å²) >= 11 is 0. The molecule has 1 aliphatic heterocycles. The number of alkyl halides is 3. The van der Waals surface area contributed by atoms with E-state index in [1.54, 1.807) is 0 Å². The first-order valence-electron chi connectivity index (χ1n) is 10.4. The van der Waals surface area contributed by atoms with Crippen LogP contribution in [0.3, 0.4) is 0 Å². The molecule has 0 saturated carbocycles. The average molecular weight is 511 g/mol. The first kappa shape index (κ1) is 24.7. The topological polar surface area (TPSA) is 129 Å². The monoisotopic (exact) mass is 511 g/mol. The van der Waals surface area contributed by atoms with Crippen LogP contribution in [0.4, 0.5) is 23.7 Å². The Morgan fingerprint density at radius 2 is 1.89 bits per heavy atom. The van der Waals surface area contributed by atoms with Crippen molar-refractivity contribution in [1.29, 1.82) is 0 Å². The molecule has 1 aliphatic rings. The Bertz CT molecular complexity index is 1440. The van der Waals surface area contributed by atoms with E-state index in [4.69, 9.17) is 9.84 Å². The van der Waals surface area contributed by atoms with Crippen LogP contribution in [0.5, 0.6) is 0 Å². The number of benzene rings is 2. The van der Waals surface area contributed by atoms with Gasteiger partial charge >= 0.3 is 12.3 Å². The number of halogens is 3. The second-order valence-electron chi connectivity index (χ2n) is 7.83. The number of hydrogen-bond donors (Lipinski definition) is 3. The van der Waals surface area contributed by atoms with Gasteiger partial charge in [-0.1, -0.05) is 24.3 Å². The highest BCUT2D eigenvalue weighted by Gasteiger charge is 2.34. The van der Waals surface area contributed by atoms with Crippen molar-refractivity contribution in [2.45, 2.75) is 12.3 Å². The summed E-state index contributed by atoms with van der Waals surface area (Å²) in [6.07, 6.45) is -6.15. The van der Waals surface area contributed by atoms with Gasteiger partial charge in [-0.15, -0.1) is 0 Å². The smallest absolute Gasteiger partial charge is 0.417 e. The number of fused-ring (bicyclic) bond motifs is 1. The molecule has 1 aromatic heterocycles. The Labute approximate surface area is 197 Å². The van der Waals surface area contributed by atoms with E-state index in [0.29, 0.717) is 11.1 Å². The minimum atomic E-state index is -4.61. The predicted octanol–water partition coefficient (Wildman–Crippen LogP) is 2.45. The Kier molecular flexibility index (Phi) is 6.58. The third kappa shape index (κ3) is 5.31. The van der Waals surface area contributed by atoms with Crippen molar-refractivity contribution in [3.8, 4) is 11.3 Å². The van der Waals surface area contributed by atoms with E-state index >= 15 is 0 Å². The zero-order valence-electron chi connectivity index (χ0n) is 18.0. The molecule has 2 aromatic carbocycles. The van der Waals surface area contributed by atoms with Gasteiger partial charge in [0.05, 0.1) is 24.5 Å². The van der Waals surface area contributed by atoms with Crippen molar-refractivity contribution in [2.24, 2.45) is 0 Å². The highest BCUT2D eigenvalue weighted by molar-refractivity contribution is 7.89. The van der Waals surface area contributed by atoms with Crippen LogP contribution in [-0.4, -0.2) is 56.2 Å². The number of aromatic amines is 1. The molecule has 1 amide bonds. The molecule has 1 atom stereocenters. The molecule has 0 radical (unpaired) electrons. The molecule has 13 heteroatoms. The lowest BCUT2D eigenvalue weighted by atomic mass is 10.0. The van der Waals surface area contributed by atoms with E-state index in [1.165, 1.54) is 47.4 Å². The highest BCUT2D eigenvalue weighted by Crippen LogP contribution is 2.36. The van der Waals surface area contributed by atoms with Crippen molar-refractivity contribution in [3.05, 3.63) is 64.4 Å². The van der Waals surface area contributed by atoms with Crippen LogP contribution in [0.25, 0.3) is 22.0 Å². The fourth-order valence-corrected chi connectivity index (χ4v) is 4.60. The zero-order valence-corrected chi connectivity index (χ0v) is 18.8. The van der Waals surface area contributed by atoms with E-state index < -0.39 is 51.9 Å². The largest absolute Gasteiger partial charge is 0.443 e. The van der Waals surface area contributed by atoms with Crippen molar-refractivity contribution in [2.75, 3.05) is 30.3 Å². The normalized spacial score (nSPS) is 16.6. The van der Waals surface area contributed by atoms with Crippen LogP contribution in [-0.2, 0) is 20.9 Å². The first-order chi connectivity index (χ1) is 16.5. The van der Waals surface area contributed by atoms with Gasteiger partial charge in [-0.25, -0.2) is 17.9 Å². The lowest BCUT2D eigenvalue weighted by molar-refractivity contribution is -0.137. The van der Waals surface area contributed by atoms with Crippen molar-refractivity contribution in [3.63, 3.8) is 0 Å². The summed E-state index contributed by atoms with van der Waals surface area (Å²) in [5.41, 5.74) is -1.39. The maximum Gasteiger partial charge on any atom is 0.417 e. The number of cyclic esters (lactones) is 1. The summed E-state index contributed by atoms with van der Waals surface area (Å²) in [5, 5.41) is 9.29. The lowest BCUT2D eigenvalue weighted by Gasteiger charge is -2.15. The molecule has 9 nitrogen and oxygen atoms in total. The third-order valence-electron chi connectivity index (χ3n) is 5.43. The zero-order chi connectivity index (χ0) is 25.4. The van der Waals surface area contributed by atoms with Crippen molar-refractivity contribution in [1.82, 2.24) is 9.71 Å². The molecule has 4 rings (SSSR count). The minimum absolute atomic E-state index is 0.000924. The molecule has 2 heterocycles. The Morgan fingerprint density at radius 3 is 2.60 bits per heavy atom. The summed E-state index contributed by atoms with van der Waals surface area (Å²) in [6.45, 7) is -0.747. The number of pyridine rings is 1. The molecule has 35 heavy (non-hydrogen) atoms. The van der Waals surface area contributed by atoms with E-state index in [0.717, 1.165) is 6.07 Å². The number of anilines is 1. The van der Waals surface area contributed by atoms with Gasteiger partial charge < -0.3 is 14.8 Å². The van der Waals surface area contributed by atoms with Crippen molar-refractivity contribution < 1.29 is 36.2 Å². The quantitative estimate of drug-likeness (QED) is 0.447. The van der Waals surface area contributed by atoms with E-state index in [2.05, 4.69) is 9.71 Å². The van der Waals surface area contributed by atoms with Gasteiger partial charge in [-0.2, -0.15) is 13.2 Å². The van der Waals surface area contributed by atoms with Gasteiger partial charge in [-0.05, 0) is 29.7 Å². The molecule has 1 fully saturated rings. The van der Waals surface area contributed by atoms with Crippen LogP contribution in [0.15, 0.2) is 53.3 Å². The molecule has 0 aliphatic carbocycles. The van der Waals surface area contributed by atoms with E-state index in [1.807, 2.05) is 0 Å². The molecular formula is C22H20F3N3O6S. The summed E-state index contributed by atoms with van der Waals surface area (Å²) < 4.78 is 71.0. The lowest BCUT2D eigenvalue weighted by Crippen LogP contribution is -2.36. The number of amides is 1. The standard InChI is InChI=1S/C22H20F3N3O6S/c23-22(24,25)18-4-2-1-3-16(18)19-9-13-5-6-14(10-17(13)20(30)27-19)28-12-15(34-21(28)31)11-26-35(32,33)8-7-29/h1-6,9-10,15,26,29H,7-8,11-12H2,(H,27,30)/t15-/m0/s1. The summed E-state index contributed by atoms with van der Waals surface area (Å²) in [4.78, 5) is 28.8. The van der Waals surface area contributed by atoms with Gasteiger partial charge in [0.25, 0.3) is 5.56 Å². The maximum absolute atomic E-state index is 13.4. The molecule has 3 aromatic rings. The number of aliphatic hydroxyl groups is 1. The number of nitrogens with one attached hydrogen (secondary N) is 2. The van der Waals surface area contributed by atoms with Crippen LogP contribution < -0.4 is 15.2 Å². The molecule has 186 valence electrons. The van der Waals surface area contributed by atoms with E-state index in [-0.39, 0.29) is 29.7 Å². The summed E-state index contributed by atoms with van der Waals surface area (Å²) in [6, 6.07) is 10.8. The summed E-state index contributed by atoms with van der Waals surface area (Å²) in [7, 11) is -3.72. The number of carbonyl (C=O) groups is 1. The molecule has 1 saturated heterocycles. The van der Waals surface area contributed by atoms with Crippen LogP contribution in [0, 0.1) is 0 Å². The number of sulfonamides is 1. The third-order valence-corrected chi connectivity index (χ3v) is 6.76. The number of nitrogens with zero attached hydrogens (tertiary/aromatic N) is 1. The number of carbonyl (C=O) groups excluding carboxylic acids is 1. The van der Waals surface area contributed by atoms with Crippen LogP contribution in [0.2, 0.25) is 0 Å². The predicted molar refractivity (Wildman–Crippen MR) is 121 cm³/mol. The Morgan fingerprint density at radius 1 is 1.14 bits per heavy atom. The molecule has 0 bridgehead atoms. The Balaban J connectivity index is 1.61. The van der Waals surface area contributed by atoms with E-state index in [9.17, 15) is 31.2 Å². The van der Waals surface area contributed by atoms with Crippen molar-refractivity contribution >= 4 is 32.6 Å². The van der Waals surface area contributed by atoms with Gasteiger partial charge in [0.15, 0.2) is 0 Å².